The van der Waals surface area contributed by atoms with Crippen molar-refractivity contribution in [2.75, 3.05) is 5.32 Å². The minimum Gasteiger partial charge on any atom is -0.329 e. The maximum Gasteiger partial charge on any atom is 0.256 e. The molecule has 6 nitrogen and oxygen atoms in total. The summed E-state index contributed by atoms with van der Waals surface area (Å²) < 4.78 is 1.70. The van der Waals surface area contributed by atoms with Crippen LogP contribution in [0.1, 0.15) is 17.3 Å². The molecule has 0 aliphatic carbocycles. The summed E-state index contributed by atoms with van der Waals surface area (Å²) >= 11 is 0. The minimum absolute atomic E-state index is 0.304. The van der Waals surface area contributed by atoms with Gasteiger partial charge in [-0.05, 0) is 13.0 Å². The number of pyridine rings is 1. The van der Waals surface area contributed by atoms with E-state index >= 15 is 0 Å². The second-order valence-electron chi connectivity index (χ2n) is 3.48. The summed E-state index contributed by atoms with van der Waals surface area (Å²) in [4.78, 5) is 25.3. The molecule has 0 aromatic carbocycles. The van der Waals surface area contributed by atoms with E-state index in [0.717, 1.165) is 6.54 Å². The first-order valence-electron chi connectivity index (χ1n) is 5.21. The van der Waals surface area contributed by atoms with Crippen LogP contribution < -0.4 is 10.9 Å². The van der Waals surface area contributed by atoms with Gasteiger partial charge in [-0.15, -0.1) is 0 Å². The predicted octanol–water partition coefficient (Wildman–Crippen LogP) is 0.844. The lowest BCUT2D eigenvalue weighted by Gasteiger charge is -2.01. The number of carbonyl (C=O) groups excluding carboxylic acids is 1. The molecule has 0 bridgehead atoms. The molecule has 2 heterocycles. The molecule has 0 radical (unpaired) electrons. The zero-order chi connectivity index (χ0) is 12.3. The fourth-order valence-electron chi connectivity index (χ4n) is 1.39. The van der Waals surface area contributed by atoms with Gasteiger partial charge in [0.15, 0.2) is 0 Å². The Labute approximate surface area is 97.3 Å². The zero-order valence-corrected chi connectivity index (χ0v) is 9.30. The van der Waals surface area contributed by atoms with Crippen LogP contribution in [0.4, 0.5) is 5.69 Å². The molecule has 17 heavy (non-hydrogen) atoms. The summed E-state index contributed by atoms with van der Waals surface area (Å²) in [5, 5.41) is 6.70. The van der Waals surface area contributed by atoms with E-state index in [1.807, 2.05) is 6.92 Å². The molecule has 6 heteroatoms. The average Bonchev–Trinajstić information content (AvgIpc) is 2.77. The molecule has 0 atom stereocenters. The predicted molar refractivity (Wildman–Crippen MR) is 62.9 cm³/mol. The highest BCUT2D eigenvalue weighted by atomic mass is 16.2. The number of amides is 1. The lowest BCUT2D eigenvalue weighted by Crippen LogP contribution is -2.15. The number of aromatic amines is 1. The van der Waals surface area contributed by atoms with E-state index in [1.54, 1.807) is 23.1 Å². The number of nitrogens with zero attached hydrogens (tertiary/aromatic N) is 2. The van der Waals surface area contributed by atoms with E-state index in [1.165, 1.54) is 12.3 Å². The summed E-state index contributed by atoms with van der Waals surface area (Å²) in [7, 11) is 0. The Hall–Kier alpha value is -2.37. The van der Waals surface area contributed by atoms with Gasteiger partial charge in [-0.1, -0.05) is 0 Å². The molecule has 0 spiro atoms. The third kappa shape index (κ3) is 2.60. The molecule has 0 saturated carbocycles. The number of H-pyrrole nitrogens is 1. The van der Waals surface area contributed by atoms with Crippen LogP contribution >= 0.6 is 0 Å². The zero-order valence-electron chi connectivity index (χ0n) is 9.30. The number of hydrogen-bond donors (Lipinski definition) is 2. The van der Waals surface area contributed by atoms with Crippen molar-refractivity contribution >= 4 is 11.6 Å². The molecule has 2 N–H and O–H groups in total. The smallest absolute Gasteiger partial charge is 0.256 e. The fourth-order valence-corrected chi connectivity index (χ4v) is 1.39. The second-order valence-corrected chi connectivity index (χ2v) is 3.48. The van der Waals surface area contributed by atoms with Gasteiger partial charge in [-0.2, -0.15) is 5.10 Å². The van der Waals surface area contributed by atoms with Crippen LogP contribution in [0.15, 0.2) is 35.5 Å². The van der Waals surface area contributed by atoms with Gasteiger partial charge in [-0.3, -0.25) is 14.3 Å². The molecular weight excluding hydrogens is 220 g/mol. The van der Waals surface area contributed by atoms with Gasteiger partial charge in [0.1, 0.15) is 0 Å². The Balaban J connectivity index is 2.14. The Bertz CT molecular complexity index is 585. The molecule has 2 aromatic rings. The van der Waals surface area contributed by atoms with E-state index in [9.17, 15) is 9.59 Å². The normalized spacial score (nSPS) is 10.2. The van der Waals surface area contributed by atoms with Gasteiger partial charge in [0.25, 0.3) is 5.91 Å². The monoisotopic (exact) mass is 232 g/mol. The van der Waals surface area contributed by atoms with Gasteiger partial charge >= 0.3 is 0 Å². The van der Waals surface area contributed by atoms with Crippen molar-refractivity contribution < 1.29 is 4.79 Å². The molecule has 88 valence electrons. The first-order valence-corrected chi connectivity index (χ1v) is 5.21. The van der Waals surface area contributed by atoms with E-state index in [2.05, 4.69) is 15.4 Å². The summed E-state index contributed by atoms with van der Waals surface area (Å²) in [5.41, 5.74) is 0.622. The molecule has 1 amide bonds. The number of carbonyl (C=O) groups is 1. The highest BCUT2D eigenvalue weighted by Gasteiger charge is 2.07. The number of aryl methyl sites for hydroxylation is 1. The Morgan fingerprint density at radius 2 is 2.41 bits per heavy atom. The molecule has 0 saturated heterocycles. The lowest BCUT2D eigenvalue weighted by molar-refractivity contribution is 0.102. The Morgan fingerprint density at radius 1 is 1.59 bits per heavy atom. The number of anilines is 1. The van der Waals surface area contributed by atoms with Crippen molar-refractivity contribution in [3.8, 4) is 0 Å². The standard InChI is InChI=1S/C11H12N4O2/c1-2-15-7-9(6-13-15)14-11(17)8-3-4-12-10(16)5-8/h3-7H,2H2,1H3,(H,12,16)(H,14,17). The first-order chi connectivity index (χ1) is 8.19. The average molecular weight is 232 g/mol. The van der Waals surface area contributed by atoms with Crippen molar-refractivity contribution in [3.05, 3.63) is 46.6 Å². The minimum atomic E-state index is -0.327. The summed E-state index contributed by atoms with van der Waals surface area (Å²) in [6, 6.07) is 2.79. The van der Waals surface area contributed by atoms with Crippen LogP contribution in [0.2, 0.25) is 0 Å². The summed E-state index contributed by atoms with van der Waals surface area (Å²) in [5.74, 6) is -0.327. The highest BCUT2D eigenvalue weighted by Crippen LogP contribution is 2.06. The van der Waals surface area contributed by atoms with Gasteiger partial charge < -0.3 is 10.3 Å². The van der Waals surface area contributed by atoms with Crippen molar-refractivity contribution in [2.24, 2.45) is 0 Å². The van der Waals surface area contributed by atoms with Gasteiger partial charge in [-0.25, -0.2) is 0 Å². The van der Waals surface area contributed by atoms with Crippen LogP contribution in [0, 0.1) is 0 Å². The molecule has 0 fully saturated rings. The molecule has 2 aromatic heterocycles. The molecule has 0 aliphatic heterocycles. The van der Waals surface area contributed by atoms with E-state index in [4.69, 9.17) is 0 Å². The van der Waals surface area contributed by atoms with Gasteiger partial charge in [0, 0.05) is 30.6 Å². The van der Waals surface area contributed by atoms with Gasteiger partial charge in [0.2, 0.25) is 5.56 Å². The Kier molecular flexibility index (Phi) is 3.04. The molecule has 0 unspecified atom stereocenters. The van der Waals surface area contributed by atoms with Crippen LogP contribution in [-0.4, -0.2) is 20.7 Å². The maximum atomic E-state index is 11.8. The van der Waals surface area contributed by atoms with E-state index in [0.29, 0.717) is 11.3 Å². The van der Waals surface area contributed by atoms with Gasteiger partial charge in [0.05, 0.1) is 11.9 Å². The van der Waals surface area contributed by atoms with Crippen LogP contribution in [0.5, 0.6) is 0 Å². The lowest BCUT2D eigenvalue weighted by atomic mass is 10.2. The molecule has 0 aliphatic rings. The molecular formula is C11H12N4O2. The summed E-state index contributed by atoms with van der Waals surface area (Å²) in [6.07, 6.45) is 4.73. The fraction of sp³-hybridized carbons (Fsp3) is 0.182. The van der Waals surface area contributed by atoms with E-state index < -0.39 is 0 Å². The quantitative estimate of drug-likeness (QED) is 0.823. The van der Waals surface area contributed by atoms with Crippen molar-refractivity contribution in [3.63, 3.8) is 0 Å². The van der Waals surface area contributed by atoms with Crippen LogP contribution in [0.3, 0.4) is 0 Å². The van der Waals surface area contributed by atoms with Crippen LogP contribution in [-0.2, 0) is 6.54 Å². The van der Waals surface area contributed by atoms with Crippen molar-refractivity contribution in [2.45, 2.75) is 13.5 Å². The maximum absolute atomic E-state index is 11.8. The largest absolute Gasteiger partial charge is 0.329 e. The number of nitrogens with one attached hydrogen (secondary N) is 2. The number of rotatable bonds is 3. The molecule has 2 rings (SSSR count). The third-order valence-corrected chi connectivity index (χ3v) is 2.25. The Morgan fingerprint density at radius 3 is 3.06 bits per heavy atom. The number of aromatic nitrogens is 3. The summed E-state index contributed by atoms with van der Waals surface area (Å²) in [6.45, 7) is 2.69. The second kappa shape index (κ2) is 4.65. The van der Waals surface area contributed by atoms with Crippen molar-refractivity contribution in [1.82, 2.24) is 14.8 Å². The number of hydrogen-bond acceptors (Lipinski definition) is 3. The van der Waals surface area contributed by atoms with Crippen LogP contribution in [0.25, 0.3) is 0 Å². The third-order valence-electron chi connectivity index (χ3n) is 2.25. The highest BCUT2D eigenvalue weighted by molar-refractivity contribution is 6.03. The topological polar surface area (TPSA) is 79.8 Å². The first kappa shape index (κ1) is 11.1. The SMILES string of the molecule is CCn1cc(NC(=O)c2cc[nH]c(=O)c2)cn1. The van der Waals surface area contributed by atoms with E-state index in [-0.39, 0.29) is 11.5 Å². The van der Waals surface area contributed by atoms with Crippen molar-refractivity contribution in [1.29, 1.82) is 0 Å².